The van der Waals surface area contributed by atoms with Crippen LogP contribution in [-0.2, 0) is 0 Å². The fourth-order valence-electron chi connectivity index (χ4n) is 2.42. The number of carboxylic acids is 1. The van der Waals surface area contributed by atoms with Crippen LogP contribution in [0.4, 0.5) is 0 Å². The minimum Gasteiger partial charge on any atom is -0.493 e. The molecule has 0 heterocycles. The number of aromatic carboxylic acids is 1. The molecule has 0 saturated heterocycles. The molecule has 0 aliphatic heterocycles. The Balaban J connectivity index is 2.71. The molecule has 1 atom stereocenters. The van der Waals surface area contributed by atoms with Gasteiger partial charge in [0.05, 0.1) is 12.2 Å². The van der Waals surface area contributed by atoms with Gasteiger partial charge in [0.2, 0.25) is 0 Å². The highest BCUT2D eigenvalue weighted by Crippen LogP contribution is 2.24. The van der Waals surface area contributed by atoms with Gasteiger partial charge in [0, 0.05) is 5.92 Å². The molecular formula is C19H26O3. The Bertz CT molecular complexity index is 522. The van der Waals surface area contributed by atoms with Crippen LogP contribution in [0.3, 0.4) is 0 Å². The number of benzene rings is 1. The van der Waals surface area contributed by atoms with Gasteiger partial charge in [0.1, 0.15) is 5.75 Å². The van der Waals surface area contributed by atoms with Crippen LogP contribution in [-0.4, -0.2) is 17.7 Å². The third kappa shape index (κ3) is 5.79. The van der Waals surface area contributed by atoms with E-state index in [9.17, 15) is 4.79 Å². The van der Waals surface area contributed by atoms with Crippen LogP contribution < -0.4 is 4.74 Å². The molecule has 0 bridgehead atoms. The van der Waals surface area contributed by atoms with Crippen molar-refractivity contribution in [1.82, 2.24) is 0 Å². The molecule has 3 heteroatoms. The highest BCUT2D eigenvalue weighted by atomic mass is 16.5. The fourth-order valence-corrected chi connectivity index (χ4v) is 2.42. The molecule has 1 unspecified atom stereocenters. The maximum absolute atomic E-state index is 10.8. The Hall–Kier alpha value is -1.99. The summed E-state index contributed by atoms with van der Waals surface area (Å²) in [4.78, 5) is 10.8. The van der Waals surface area contributed by atoms with Crippen molar-refractivity contribution < 1.29 is 14.6 Å². The Kier molecular flexibility index (Phi) is 7.48. The Morgan fingerprint density at radius 2 is 1.95 bits per heavy atom. The van der Waals surface area contributed by atoms with Crippen LogP contribution in [0.1, 0.15) is 50.4 Å². The van der Waals surface area contributed by atoms with Gasteiger partial charge in [-0.1, -0.05) is 33.8 Å². The lowest BCUT2D eigenvalue weighted by Crippen LogP contribution is -2.15. The number of hydrogen-bond donors (Lipinski definition) is 1. The highest BCUT2D eigenvalue weighted by Gasteiger charge is 2.16. The van der Waals surface area contributed by atoms with E-state index in [2.05, 4.69) is 33.1 Å². The number of rotatable bonds is 9. The van der Waals surface area contributed by atoms with Crippen LogP contribution in [0.15, 0.2) is 42.1 Å². The maximum Gasteiger partial charge on any atom is 0.335 e. The molecule has 1 rings (SSSR count). The summed E-state index contributed by atoms with van der Waals surface area (Å²) in [5, 5.41) is 8.89. The topological polar surface area (TPSA) is 46.5 Å². The van der Waals surface area contributed by atoms with Crippen LogP contribution in [0, 0.1) is 11.8 Å². The molecule has 0 amide bonds. The summed E-state index contributed by atoms with van der Waals surface area (Å²) < 4.78 is 5.84. The van der Waals surface area contributed by atoms with Gasteiger partial charge in [-0.05, 0) is 48.6 Å². The molecular weight excluding hydrogens is 276 g/mol. The molecule has 0 saturated carbocycles. The van der Waals surface area contributed by atoms with E-state index in [4.69, 9.17) is 9.84 Å². The first kappa shape index (κ1) is 18.1. The molecule has 0 radical (unpaired) electrons. The number of hydrogen-bond acceptors (Lipinski definition) is 2. The second-order valence-corrected chi connectivity index (χ2v) is 5.93. The van der Waals surface area contributed by atoms with E-state index >= 15 is 0 Å². The van der Waals surface area contributed by atoms with Crippen LogP contribution in [0.25, 0.3) is 0 Å². The van der Waals surface area contributed by atoms with Crippen LogP contribution in [0.5, 0.6) is 5.75 Å². The molecule has 1 N–H and O–H groups in total. The molecule has 120 valence electrons. The molecule has 1 aromatic carbocycles. The van der Waals surface area contributed by atoms with Crippen molar-refractivity contribution in [3.63, 3.8) is 0 Å². The van der Waals surface area contributed by atoms with Gasteiger partial charge in [-0.25, -0.2) is 4.79 Å². The summed E-state index contributed by atoms with van der Waals surface area (Å²) in [6.45, 7) is 10.9. The van der Waals surface area contributed by atoms with Crippen molar-refractivity contribution in [3.8, 4) is 5.75 Å². The van der Waals surface area contributed by atoms with Crippen molar-refractivity contribution in [3.05, 3.63) is 47.7 Å². The van der Waals surface area contributed by atoms with Crippen molar-refractivity contribution >= 4 is 5.97 Å². The lowest BCUT2D eigenvalue weighted by molar-refractivity contribution is 0.0697. The SMILES string of the molecule is C=C=C(CC(C)C)C(CCC)COc1ccc(C(=O)O)cc1. The largest absolute Gasteiger partial charge is 0.493 e. The van der Waals surface area contributed by atoms with Crippen molar-refractivity contribution in [1.29, 1.82) is 0 Å². The van der Waals surface area contributed by atoms with E-state index < -0.39 is 5.97 Å². The average molecular weight is 302 g/mol. The predicted molar refractivity (Wildman–Crippen MR) is 89.4 cm³/mol. The first-order valence-electron chi connectivity index (χ1n) is 7.82. The van der Waals surface area contributed by atoms with E-state index in [1.165, 1.54) is 5.57 Å². The summed E-state index contributed by atoms with van der Waals surface area (Å²) in [6.07, 6.45) is 3.10. The maximum atomic E-state index is 10.8. The van der Waals surface area contributed by atoms with E-state index in [0.29, 0.717) is 24.2 Å². The molecule has 1 aromatic rings. The summed E-state index contributed by atoms with van der Waals surface area (Å²) in [5.41, 5.74) is 4.58. The van der Waals surface area contributed by atoms with Crippen molar-refractivity contribution in [2.45, 2.75) is 40.0 Å². The Morgan fingerprint density at radius 3 is 2.41 bits per heavy atom. The molecule has 0 spiro atoms. The Morgan fingerprint density at radius 1 is 1.32 bits per heavy atom. The zero-order chi connectivity index (χ0) is 16.5. The predicted octanol–water partition coefficient (Wildman–Crippen LogP) is 4.94. The van der Waals surface area contributed by atoms with Gasteiger partial charge in [-0.3, -0.25) is 0 Å². The number of carbonyl (C=O) groups is 1. The van der Waals surface area contributed by atoms with E-state index in [-0.39, 0.29) is 5.56 Å². The first-order valence-corrected chi connectivity index (χ1v) is 7.82. The van der Waals surface area contributed by atoms with Crippen LogP contribution >= 0.6 is 0 Å². The minimum absolute atomic E-state index is 0.268. The van der Waals surface area contributed by atoms with E-state index in [0.717, 1.165) is 19.3 Å². The highest BCUT2D eigenvalue weighted by molar-refractivity contribution is 5.87. The monoisotopic (exact) mass is 302 g/mol. The summed E-state index contributed by atoms with van der Waals surface area (Å²) in [6, 6.07) is 6.52. The third-order valence-electron chi connectivity index (χ3n) is 3.54. The molecule has 0 aliphatic rings. The zero-order valence-corrected chi connectivity index (χ0v) is 13.8. The second-order valence-electron chi connectivity index (χ2n) is 5.93. The molecule has 0 aliphatic carbocycles. The van der Waals surface area contributed by atoms with Gasteiger partial charge in [-0.2, -0.15) is 0 Å². The normalized spacial score (nSPS) is 11.8. The van der Waals surface area contributed by atoms with E-state index in [1.54, 1.807) is 24.3 Å². The summed E-state index contributed by atoms with van der Waals surface area (Å²) >= 11 is 0. The Labute approximate surface area is 133 Å². The minimum atomic E-state index is -0.927. The smallest absolute Gasteiger partial charge is 0.335 e. The standard InChI is InChI=1S/C19H26O3/c1-5-7-17(15(6-2)12-14(3)4)13-22-18-10-8-16(9-11-18)19(20)21/h8-11,14,17H,2,5,7,12-13H2,1,3-4H3,(H,20,21). The lowest BCUT2D eigenvalue weighted by Gasteiger charge is -2.20. The van der Waals surface area contributed by atoms with Gasteiger partial charge in [0.25, 0.3) is 0 Å². The summed E-state index contributed by atoms with van der Waals surface area (Å²) in [5.74, 6) is 0.644. The van der Waals surface area contributed by atoms with Gasteiger partial charge in [-0.15, -0.1) is 5.73 Å². The fraction of sp³-hybridized carbons (Fsp3) is 0.474. The first-order chi connectivity index (χ1) is 10.5. The van der Waals surface area contributed by atoms with Gasteiger partial charge >= 0.3 is 5.97 Å². The number of carboxylic acid groups (broad SMARTS) is 1. The van der Waals surface area contributed by atoms with Crippen molar-refractivity contribution in [2.24, 2.45) is 11.8 Å². The van der Waals surface area contributed by atoms with Gasteiger partial charge in [0.15, 0.2) is 0 Å². The molecule has 22 heavy (non-hydrogen) atoms. The number of ether oxygens (including phenoxy) is 1. The average Bonchev–Trinajstić information content (AvgIpc) is 2.49. The zero-order valence-electron chi connectivity index (χ0n) is 13.8. The molecule has 0 fully saturated rings. The van der Waals surface area contributed by atoms with E-state index in [1.807, 2.05) is 0 Å². The lowest BCUT2D eigenvalue weighted by atomic mass is 9.89. The van der Waals surface area contributed by atoms with Crippen molar-refractivity contribution in [2.75, 3.05) is 6.61 Å². The quantitative estimate of drug-likeness (QED) is 0.657. The summed E-state index contributed by atoms with van der Waals surface area (Å²) in [7, 11) is 0. The van der Waals surface area contributed by atoms with Gasteiger partial charge < -0.3 is 9.84 Å². The third-order valence-corrected chi connectivity index (χ3v) is 3.54. The molecule has 3 nitrogen and oxygen atoms in total. The second kappa shape index (κ2) is 9.11. The van der Waals surface area contributed by atoms with Crippen LogP contribution in [0.2, 0.25) is 0 Å². The molecule has 0 aromatic heterocycles.